The standard InChI is InChI=1S/C14H12BrClFN/c1-9(10-3-2-4-11(17)7-10)18-12-5-6-13(15)14(16)8-12/h2-9,18H,1H3. The van der Waals surface area contributed by atoms with Gasteiger partial charge in [0.25, 0.3) is 0 Å². The van der Waals surface area contributed by atoms with E-state index < -0.39 is 0 Å². The monoisotopic (exact) mass is 327 g/mol. The maximum atomic E-state index is 13.1. The molecule has 0 aromatic heterocycles. The van der Waals surface area contributed by atoms with Gasteiger partial charge < -0.3 is 5.32 Å². The van der Waals surface area contributed by atoms with Gasteiger partial charge in [-0.1, -0.05) is 23.7 Å². The maximum Gasteiger partial charge on any atom is 0.123 e. The Morgan fingerprint density at radius 2 is 2.00 bits per heavy atom. The van der Waals surface area contributed by atoms with Crippen molar-refractivity contribution in [2.45, 2.75) is 13.0 Å². The summed E-state index contributed by atoms with van der Waals surface area (Å²) in [5.74, 6) is -0.227. The molecule has 0 spiro atoms. The zero-order valence-corrected chi connectivity index (χ0v) is 12.1. The highest BCUT2D eigenvalue weighted by Crippen LogP contribution is 2.27. The molecule has 1 nitrogen and oxygen atoms in total. The third-order valence-corrected chi connectivity index (χ3v) is 3.88. The summed E-state index contributed by atoms with van der Waals surface area (Å²) in [6.45, 7) is 1.98. The second-order valence-corrected chi connectivity index (χ2v) is 5.31. The van der Waals surface area contributed by atoms with E-state index >= 15 is 0 Å². The Labute approximate surface area is 119 Å². The van der Waals surface area contributed by atoms with Crippen molar-refractivity contribution in [3.63, 3.8) is 0 Å². The van der Waals surface area contributed by atoms with Gasteiger partial charge in [0.2, 0.25) is 0 Å². The molecule has 0 bridgehead atoms. The molecule has 0 aliphatic carbocycles. The number of anilines is 1. The molecule has 1 atom stereocenters. The van der Waals surface area contributed by atoms with Crippen molar-refractivity contribution in [1.82, 2.24) is 0 Å². The van der Waals surface area contributed by atoms with Gasteiger partial charge in [-0.15, -0.1) is 0 Å². The summed E-state index contributed by atoms with van der Waals surface area (Å²) >= 11 is 9.36. The van der Waals surface area contributed by atoms with E-state index in [1.54, 1.807) is 6.07 Å². The van der Waals surface area contributed by atoms with Crippen molar-refractivity contribution >= 4 is 33.2 Å². The van der Waals surface area contributed by atoms with Gasteiger partial charge in [0.1, 0.15) is 5.82 Å². The van der Waals surface area contributed by atoms with Crippen LogP contribution in [0.5, 0.6) is 0 Å². The summed E-state index contributed by atoms with van der Waals surface area (Å²) in [5, 5.41) is 3.93. The molecular weight excluding hydrogens is 317 g/mol. The molecule has 1 N–H and O–H groups in total. The number of hydrogen-bond donors (Lipinski definition) is 1. The molecule has 4 heteroatoms. The maximum absolute atomic E-state index is 13.1. The molecule has 1 unspecified atom stereocenters. The fraction of sp³-hybridized carbons (Fsp3) is 0.143. The number of rotatable bonds is 3. The fourth-order valence-electron chi connectivity index (χ4n) is 1.70. The predicted octanol–water partition coefficient (Wildman–Crippen LogP) is 5.41. The van der Waals surface area contributed by atoms with Crippen LogP contribution in [0.25, 0.3) is 0 Å². The summed E-state index contributed by atoms with van der Waals surface area (Å²) in [6, 6.07) is 12.2. The minimum Gasteiger partial charge on any atom is -0.378 e. The van der Waals surface area contributed by atoms with Gasteiger partial charge >= 0.3 is 0 Å². The Morgan fingerprint density at radius 1 is 1.22 bits per heavy atom. The Hall–Kier alpha value is -1.06. The molecule has 0 radical (unpaired) electrons. The van der Waals surface area contributed by atoms with E-state index in [0.29, 0.717) is 5.02 Å². The largest absolute Gasteiger partial charge is 0.378 e. The Morgan fingerprint density at radius 3 is 2.67 bits per heavy atom. The van der Waals surface area contributed by atoms with Crippen LogP contribution in [0.1, 0.15) is 18.5 Å². The number of nitrogens with one attached hydrogen (secondary N) is 1. The molecule has 0 heterocycles. The predicted molar refractivity (Wildman–Crippen MR) is 77.6 cm³/mol. The summed E-state index contributed by atoms with van der Waals surface area (Å²) in [7, 11) is 0. The topological polar surface area (TPSA) is 12.0 Å². The lowest BCUT2D eigenvalue weighted by molar-refractivity contribution is 0.623. The van der Waals surface area contributed by atoms with Gasteiger partial charge in [-0.3, -0.25) is 0 Å². The molecular formula is C14H12BrClFN. The summed E-state index contributed by atoms with van der Waals surface area (Å²) in [4.78, 5) is 0. The van der Waals surface area contributed by atoms with Crippen LogP contribution in [0.3, 0.4) is 0 Å². The number of halogens is 3. The Balaban J connectivity index is 2.16. The highest BCUT2D eigenvalue weighted by molar-refractivity contribution is 9.10. The van der Waals surface area contributed by atoms with E-state index in [4.69, 9.17) is 11.6 Å². The zero-order valence-electron chi connectivity index (χ0n) is 9.75. The van der Waals surface area contributed by atoms with E-state index in [1.807, 2.05) is 31.2 Å². The number of benzene rings is 2. The van der Waals surface area contributed by atoms with Crippen molar-refractivity contribution < 1.29 is 4.39 Å². The van der Waals surface area contributed by atoms with E-state index in [9.17, 15) is 4.39 Å². The Bertz CT molecular complexity index is 559. The number of hydrogen-bond acceptors (Lipinski definition) is 1. The van der Waals surface area contributed by atoms with Gasteiger partial charge in [-0.2, -0.15) is 0 Å². The molecule has 0 saturated heterocycles. The zero-order chi connectivity index (χ0) is 13.1. The molecule has 0 aliphatic heterocycles. The first-order valence-electron chi connectivity index (χ1n) is 5.53. The first-order valence-corrected chi connectivity index (χ1v) is 6.70. The first-order chi connectivity index (χ1) is 8.56. The lowest BCUT2D eigenvalue weighted by Gasteiger charge is -2.16. The molecule has 0 aliphatic rings. The first kappa shape index (κ1) is 13.4. The average Bonchev–Trinajstić information content (AvgIpc) is 2.34. The molecule has 2 rings (SSSR count). The highest BCUT2D eigenvalue weighted by atomic mass is 79.9. The fourth-order valence-corrected chi connectivity index (χ4v) is 2.12. The van der Waals surface area contributed by atoms with E-state index in [-0.39, 0.29) is 11.9 Å². The van der Waals surface area contributed by atoms with Crippen molar-refractivity contribution in [2.24, 2.45) is 0 Å². The molecule has 2 aromatic rings. The normalized spacial score (nSPS) is 12.2. The smallest absolute Gasteiger partial charge is 0.123 e. The minimum absolute atomic E-state index is 0.0120. The van der Waals surface area contributed by atoms with Crippen LogP contribution in [-0.2, 0) is 0 Å². The highest BCUT2D eigenvalue weighted by Gasteiger charge is 2.07. The SMILES string of the molecule is CC(Nc1ccc(Br)c(Cl)c1)c1cccc(F)c1. The quantitative estimate of drug-likeness (QED) is 0.794. The van der Waals surface area contributed by atoms with Crippen LogP contribution < -0.4 is 5.32 Å². The summed E-state index contributed by atoms with van der Waals surface area (Å²) in [6.07, 6.45) is 0. The minimum atomic E-state index is -0.227. The molecule has 18 heavy (non-hydrogen) atoms. The molecule has 0 amide bonds. The Kier molecular flexibility index (Phi) is 4.25. The third-order valence-electron chi connectivity index (χ3n) is 2.65. The van der Waals surface area contributed by atoms with Gasteiger partial charge in [0, 0.05) is 16.2 Å². The lowest BCUT2D eigenvalue weighted by Crippen LogP contribution is -2.06. The van der Waals surface area contributed by atoms with Crippen LogP contribution in [-0.4, -0.2) is 0 Å². The third kappa shape index (κ3) is 3.24. The molecule has 0 saturated carbocycles. The van der Waals surface area contributed by atoms with Crippen molar-refractivity contribution in [2.75, 3.05) is 5.32 Å². The molecule has 0 fully saturated rings. The van der Waals surface area contributed by atoms with Crippen LogP contribution in [0.4, 0.5) is 10.1 Å². The summed E-state index contributed by atoms with van der Waals surface area (Å²) < 4.78 is 14.0. The van der Waals surface area contributed by atoms with E-state index in [2.05, 4.69) is 21.2 Å². The van der Waals surface area contributed by atoms with E-state index in [1.165, 1.54) is 12.1 Å². The van der Waals surface area contributed by atoms with Crippen LogP contribution in [0.15, 0.2) is 46.9 Å². The second kappa shape index (κ2) is 5.72. The van der Waals surface area contributed by atoms with E-state index in [0.717, 1.165) is 15.7 Å². The van der Waals surface area contributed by atoms with Crippen molar-refractivity contribution in [1.29, 1.82) is 0 Å². The van der Waals surface area contributed by atoms with Gasteiger partial charge in [0.05, 0.1) is 5.02 Å². The van der Waals surface area contributed by atoms with Gasteiger partial charge in [-0.25, -0.2) is 4.39 Å². The van der Waals surface area contributed by atoms with Crippen molar-refractivity contribution in [3.8, 4) is 0 Å². The van der Waals surface area contributed by atoms with Gasteiger partial charge in [-0.05, 0) is 58.7 Å². The van der Waals surface area contributed by atoms with Crippen molar-refractivity contribution in [3.05, 3.63) is 63.3 Å². The van der Waals surface area contributed by atoms with Crippen LogP contribution in [0, 0.1) is 5.82 Å². The van der Waals surface area contributed by atoms with Crippen LogP contribution >= 0.6 is 27.5 Å². The lowest BCUT2D eigenvalue weighted by atomic mass is 10.1. The molecule has 2 aromatic carbocycles. The van der Waals surface area contributed by atoms with Gasteiger partial charge in [0.15, 0.2) is 0 Å². The second-order valence-electron chi connectivity index (χ2n) is 4.05. The van der Waals surface area contributed by atoms with Crippen LogP contribution in [0.2, 0.25) is 5.02 Å². The molecule has 94 valence electrons. The summed E-state index contributed by atoms with van der Waals surface area (Å²) in [5.41, 5.74) is 1.80. The average molecular weight is 329 g/mol.